The van der Waals surface area contributed by atoms with Gasteiger partial charge in [0, 0.05) is 19.0 Å². The van der Waals surface area contributed by atoms with Crippen LogP contribution in [0.3, 0.4) is 0 Å². The lowest BCUT2D eigenvalue weighted by molar-refractivity contribution is 0.133. The number of aliphatic hydroxyl groups excluding tert-OH is 1. The van der Waals surface area contributed by atoms with Gasteiger partial charge in [0.25, 0.3) is 0 Å². The number of aliphatic hydroxyl groups is 1. The Balaban J connectivity index is 3.14. The zero-order valence-electron chi connectivity index (χ0n) is 12.8. The van der Waals surface area contributed by atoms with E-state index in [2.05, 4.69) is 27.5 Å². The van der Waals surface area contributed by atoms with Gasteiger partial charge >= 0.3 is 0 Å². The van der Waals surface area contributed by atoms with Crippen LogP contribution in [0.1, 0.15) is 45.5 Å². The fraction of sp³-hybridized carbons (Fsp3) is 0.714. The minimum atomic E-state index is -0.477. The molecule has 0 radical (unpaired) electrons. The monoisotopic (exact) mass is 266 g/mol. The summed E-state index contributed by atoms with van der Waals surface area (Å²) in [6, 6.07) is 0. The molecule has 1 aromatic rings. The smallest absolute Gasteiger partial charge is 0.135 e. The second-order valence-electron chi connectivity index (χ2n) is 5.48. The van der Waals surface area contributed by atoms with E-state index in [0.29, 0.717) is 0 Å². The number of hydrogen-bond acceptors (Lipinski definition) is 5. The van der Waals surface area contributed by atoms with Gasteiger partial charge in [-0.05, 0) is 34.1 Å². The molecule has 3 N–H and O–H groups in total. The molecule has 5 heteroatoms. The molecule has 0 aliphatic heterocycles. The van der Waals surface area contributed by atoms with Gasteiger partial charge in [0.15, 0.2) is 0 Å². The summed E-state index contributed by atoms with van der Waals surface area (Å²) >= 11 is 0. The molecule has 0 aromatic carbocycles. The average molecular weight is 266 g/mol. The van der Waals surface area contributed by atoms with Crippen LogP contribution in [0.15, 0.2) is 0 Å². The van der Waals surface area contributed by atoms with E-state index in [9.17, 15) is 5.11 Å². The molecule has 1 rings (SSSR count). The Hall–Kier alpha value is -1.36. The SMILES string of the molecule is CCCc1nc(NC)c(C)c(NC(C)(C)C(C)O)n1. The summed E-state index contributed by atoms with van der Waals surface area (Å²) in [7, 11) is 1.86. The van der Waals surface area contributed by atoms with Gasteiger partial charge in [0.05, 0.1) is 11.6 Å². The second-order valence-corrected chi connectivity index (χ2v) is 5.48. The van der Waals surface area contributed by atoms with Crippen molar-refractivity contribution in [1.82, 2.24) is 9.97 Å². The van der Waals surface area contributed by atoms with Crippen molar-refractivity contribution < 1.29 is 5.11 Å². The van der Waals surface area contributed by atoms with E-state index in [-0.39, 0.29) is 0 Å². The lowest BCUT2D eigenvalue weighted by atomic mass is 9.98. The van der Waals surface area contributed by atoms with Gasteiger partial charge in [-0.2, -0.15) is 0 Å². The Bertz CT molecular complexity index is 430. The van der Waals surface area contributed by atoms with Crippen molar-refractivity contribution >= 4 is 11.6 Å². The standard InChI is InChI=1S/C14H26N4O/c1-7-8-11-16-12(15-6)9(2)13(17-11)18-14(4,5)10(3)19/h10,19H,7-8H2,1-6H3,(H2,15,16,17,18). The molecule has 1 heterocycles. The summed E-state index contributed by atoms with van der Waals surface area (Å²) in [6.45, 7) is 9.77. The molecule has 0 amide bonds. The van der Waals surface area contributed by atoms with Gasteiger partial charge in [-0.1, -0.05) is 6.92 Å². The molecule has 0 aliphatic carbocycles. The number of nitrogens with zero attached hydrogens (tertiary/aromatic N) is 2. The minimum absolute atomic E-state index is 0.437. The third-order valence-electron chi connectivity index (χ3n) is 3.39. The predicted octanol–water partition coefficient (Wildman–Crippen LogP) is 2.35. The molecular weight excluding hydrogens is 240 g/mol. The molecule has 5 nitrogen and oxygen atoms in total. The third kappa shape index (κ3) is 3.80. The number of hydrogen-bond donors (Lipinski definition) is 3. The number of nitrogens with one attached hydrogen (secondary N) is 2. The van der Waals surface area contributed by atoms with Crippen molar-refractivity contribution in [3.8, 4) is 0 Å². The maximum Gasteiger partial charge on any atom is 0.135 e. The van der Waals surface area contributed by atoms with Crippen LogP contribution < -0.4 is 10.6 Å². The van der Waals surface area contributed by atoms with Crippen molar-refractivity contribution in [2.75, 3.05) is 17.7 Å². The van der Waals surface area contributed by atoms with Crippen molar-refractivity contribution in [2.24, 2.45) is 0 Å². The van der Waals surface area contributed by atoms with Crippen LogP contribution in [0.5, 0.6) is 0 Å². The van der Waals surface area contributed by atoms with Crippen LogP contribution >= 0.6 is 0 Å². The first kappa shape index (κ1) is 15.7. The van der Waals surface area contributed by atoms with Gasteiger partial charge in [0.1, 0.15) is 17.5 Å². The largest absolute Gasteiger partial charge is 0.391 e. The zero-order valence-corrected chi connectivity index (χ0v) is 12.8. The molecule has 108 valence electrons. The van der Waals surface area contributed by atoms with Crippen molar-refractivity contribution in [1.29, 1.82) is 0 Å². The lowest BCUT2D eigenvalue weighted by Gasteiger charge is -2.31. The Labute approximate surface area is 115 Å². The summed E-state index contributed by atoms with van der Waals surface area (Å²) in [5.41, 5.74) is 0.532. The first-order valence-corrected chi connectivity index (χ1v) is 6.83. The molecule has 0 aliphatic rings. The number of anilines is 2. The summed E-state index contributed by atoms with van der Waals surface area (Å²) in [4.78, 5) is 9.06. The highest BCUT2D eigenvalue weighted by molar-refractivity contribution is 5.58. The van der Waals surface area contributed by atoms with Gasteiger partial charge < -0.3 is 15.7 Å². The Kier molecular flexibility index (Phi) is 5.11. The summed E-state index contributed by atoms with van der Waals surface area (Å²) in [5.74, 6) is 2.44. The molecule has 0 spiro atoms. The summed E-state index contributed by atoms with van der Waals surface area (Å²) in [5, 5.41) is 16.2. The van der Waals surface area contributed by atoms with Crippen LogP contribution in [0.2, 0.25) is 0 Å². The number of aryl methyl sites for hydroxylation is 1. The van der Waals surface area contributed by atoms with E-state index in [0.717, 1.165) is 35.9 Å². The van der Waals surface area contributed by atoms with Gasteiger partial charge in [-0.15, -0.1) is 0 Å². The van der Waals surface area contributed by atoms with E-state index in [1.165, 1.54) is 0 Å². The van der Waals surface area contributed by atoms with Gasteiger partial charge in [-0.3, -0.25) is 0 Å². The maximum atomic E-state index is 9.81. The van der Waals surface area contributed by atoms with Crippen LogP contribution in [0.4, 0.5) is 11.6 Å². The highest BCUT2D eigenvalue weighted by atomic mass is 16.3. The van der Waals surface area contributed by atoms with Crippen LogP contribution in [0.25, 0.3) is 0 Å². The zero-order chi connectivity index (χ0) is 14.6. The first-order chi connectivity index (χ1) is 8.81. The quantitative estimate of drug-likeness (QED) is 0.737. The Morgan fingerprint density at radius 1 is 1.26 bits per heavy atom. The van der Waals surface area contributed by atoms with E-state index in [1.807, 2.05) is 27.8 Å². The molecule has 1 atom stereocenters. The van der Waals surface area contributed by atoms with E-state index in [4.69, 9.17) is 0 Å². The van der Waals surface area contributed by atoms with Gasteiger partial charge in [-0.25, -0.2) is 9.97 Å². The molecule has 1 aromatic heterocycles. The number of rotatable bonds is 6. The fourth-order valence-corrected chi connectivity index (χ4v) is 1.67. The first-order valence-electron chi connectivity index (χ1n) is 6.83. The molecule has 0 saturated carbocycles. The Morgan fingerprint density at radius 2 is 1.84 bits per heavy atom. The predicted molar refractivity (Wildman–Crippen MR) is 79.7 cm³/mol. The van der Waals surface area contributed by atoms with E-state index in [1.54, 1.807) is 6.92 Å². The maximum absolute atomic E-state index is 9.81. The topological polar surface area (TPSA) is 70.1 Å². The van der Waals surface area contributed by atoms with Crippen LogP contribution in [-0.2, 0) is 6.42 Å². The summed E-state index contributed by atoms with van der Waals surface area (Å²) < 4.78 is 0. The molecule has 0 saturated heterocycles. The Morgan fingerprint density at radius 3 is 2.32 bits per heavy atom. The van der Waals surface area contributed by atoms with E-state index < -0.39 is 11.6 Å². The highest BCUT2D eigenvalue weighted by Crippen LogP contribution is 2.24. The highest BCUT2D eigenvalue weighted by Gasteiger charge is 2.25. The molecule has 19 heavy (non-hydrogen) atoms. The average Bonchev–Trinajstić information content (AvgIpc) is 2.32. The molecule has 1 unspecified atom stereocenters. The molecular formula is C14H26N4O. The van der Waals surface area contributed by atoms with Gasteiger partial charge in [0.2, 0.25) is 0 Å². The van der Waals surface area contributed by atoms with Crippen LogP contribution in [-0.4, -0.2) is 33.8 Å². The third-order valence-corrected chi connectivity index (χ3v) is 3.39. The normalized spacial score (nSPS) is 13.2. The second kappa shape index (κ2) is 6.19. The lowest BCUT2D eigenvalue weighted by Crippen LogP contribution is -2.42. The number of aromatic nitrogens is 2. The van der Waals surface area contributed by atoms with Crippen molar-refractivity contribution in [2.45, 2.75) is 59.1 Å². The summed E-state index contributed by atoms with van der Waals surface area (Å²) in [6.07, 6.45) is 1.37. The molecule has 0 bridgehead atoms. The van der Waals surface area contributed by atoms with Crippen LogP contribution in [0, 0.1) is 6.92 Å². The van der Waals surface area contributed by atoms with Crippen molar-refractivity contribution in [3.63, 3.8) is 0 Å². The molecule has 0 fully saturated rings. The minimum Gasteiger partial charge on any atom is -0.391 e. The fourth-order valence-electron chi connectivity index (χ4n) is 1.67. The van der Waals surface area contributed by atoms with E-state index >= 15 is 0 Å². The van der Waals surface area contributed by atoms with Crippen molar-refractivity contribution in [3.05, 3.63) is 11.4 Å².